The van der Waals surface area contributed by atoms with E-state index in [9.17, 15) is 20.0 Å². The number of nitro benzene ring substituents is 1. The van der Waals surface area contributed by atoms with Gasteiger partial charge in [0.1, 0.15) is 17.1 Å². The average Bonchev–Trinajstić information content (AvgIpc) is 2.47. The Bertz CT molecular complexity index is 700. The van der Waals surface area contributed by atoms with Gasteiger partial charge in [0.05, 0.1) is 17.7 Å². The van der Waals surface area contributed by atoms with Crippen molar-refractivity contribution in [1.82, 2.24) is 0 Å². The van der Waals surface area contributed by atoms with Gasteiger partial charge in [0.25, 0.3) is 11.6 Å². The maximum Gasteiger partial charge on any atom is 0.282 e. The molecule has 0 bridgehead atoms. The van der Waals surface area contributed by atoms with Gasteiger partial charge in [-0.2, -0.15) is 0 Å². The molecule has 7 heteroatoms. The zero-order valence-electron chi connectivity index (χ0n) is 11.1. The van der Waals surface area contributed by atoms with Gasteiger partial charge in [-0.15, -0.1) is 0 Å². The molecule has 0 spiro atoms. The molecule has 21 heavy (non-hydrogen) atoms. The summed E-state index contributed by atoms with van der Waals surface area (Å²) in [6.45, 7) is 0. The smallest absolute Gasteiger partial charge is 0.282 e. The summed E-state index contributed by atoms with van der Waals surface area (Å²) < 4.78 is 5.09. The van der Waals surface area contributed by atoms with Crippen LogP contribution in [0.1, 0.15) is 10.4 Å². The lowest BCUT2D eigenvalue weighted by atomic mass is 10.1. The number of nitrogens with zero attached hydrogens (tertiary/aromatic N) is 1. The fraction of sp³-hybridized carbons (Fsp3) is 0.0714. The molecule has 0 aromatic heterocycles. The fourth-order valence-corrected chi connectivity index (χ4v) is 1.80. The number of hydrogen-bond donors (Lipinski definition) is 2. The van der Waals surface area contributed by atoms with E-state index in [0.29, 0.717) is 11.4 Å². The van der Waals surface area contributed by atoms with E-state index in [1.807, 2.05) is 0 Å². The van der Waals surface area contributed by atoms with E-state index in [-0.39, 0.29) is 17.0 Å². The Kier molecular flexibility index (Phi) is 4.03. The number of nitrogens with one attached hydrogen (secondary N) is 1. The van der Waals surface area contributed by atoms with Gasteiger partial charge in [0.15, 0.2) is 0 Å². The van der Waals surface area contributed by atoms with Crippen molar-refractivity contribution in [2.45, 2.75) is 0 Å². The first-order valence-corrected chi connectivity index (χ1v) is 5.94. The topological polar surface area (TPSA) is 102 Å². The molecule has 2 N–H and O–H groups in total. The van der Waals surface area contributed by atoms with Crippen LogP contribution in [-0.4, -0.2) is 23.0 Å². The van der Waals surface area contributed by atoms with Gasteiger partial charge >= 0.3 is 0 Å². The minimum absolute atomic E-state index is 0.231. The third-order valence-corrected chi connectivity index (χ3v) is 2.78. The van der Waals surface area contributed by atoms with Crippen LogP contribution < -0.4 is 10.1 Å². The number of aromatic hydroxyl groups is 1. The normalized spacial score (nSPS) is 9.95. The molecule has 2 rings (SSSR count). The van der Waals surface area contributed by atoms with Crippen LogP contribution in [0.4, 0.5) is 11.4 Å². The van der Waals surface area contributed by atoms with Crippen LogP contribution in [0.5, 0.6) is 11.5 Å². The highest BCUT2D eigenvalue weighted by Gasteiger charge is 2.21. The van der Waals surface area contributed by atoms with Crippen molar-refractivity contribution in [1.29, 1.82) is 0 Å². The first-order valence-electron chi connectivity index (χ1n) is 5.94. The Balaban J connectivity index is 2.37. The highest BCUT2D eigenvalue weighted by atomic mass is 16.6. The summed E-state index contributed by atoms with van der Waals surface area (Å²) in [7, 11) is 1.45. The van der Waals surface area contributed by atoms with Crippen LogP contribution >= 0.6 is 0 Å². The second kappa shape index (κ2) is 5.91. The molecule has 0 aliphatic rings. The number of hydrogen-bond acceptors (Lipinski definition) is 5. The molecule has 108 valence electrons. The monoisotopic (exact) mass is 288 g/mol. The second-order valence-corrected chi connectivity index (χ2v) is 4.11. The molecule has 0 atom stereocenters. The predicted molar refractivity (Wildman–Crippen MR) is 75.7 cm³/mol. The molecule has 0 saturated carbocycles. The van der Waals surface area contributed by atoms with Crippen LogP contribution in [0.25, 0.3) is 0 Å². The van der Waals surface area contributed by atoms with E-state index >= 15 is 0 Å². The van der Waals surface area contributed by atoms with Crippen LogP contribution in [0.2, 0.25) is 0 Å². The van der Waals surface area contributed by atoms with Crippen molar-refractivity contribution < 1.29 is 19.6 Å². The number of phenols is 1. The molecule has 2 aromatic rings. The summed E-state index contributed by atoms with van der Waals surface area (Å²) in [5.74, 6) is -0.512. The van der Waals surface area contributed by atoms with Crippen LogP contribution in [0.15, 0.2) is 42.5 Å². The number of benzene rings is 2. The zero-order chi connectivity index (χ0) is 15.4. The number of para-hydroxylation sites is 2. The number of amides is 1. The number of rotatable bonds is 4. The Morgan fingerprint density at radius 3 is 2.67 bits per heavy atom. The van der Waals surface area contributed by atoms with E-state index in [1.165, 1.54) is 7.11 Å². The zero-order valence-corrected chi connectivity index (χ0v) is 11.1. The molecule has 0 fully saturated rings. The Morgan fingerprint density at radius 2 is 2.00 bits per heavy atom. The lowest BCUT2D eigenvalue weighted by Crippen LogP contribution is -2.14. The van der Waals surface area contributed by atoms with Crippen molar-refractivity contribution in [2.75, 3.05) is 12.4 Å². The lowest BCUT2D eigenvalue weighted by molar-refractivity contribution is -0.385. The van der Waals surface area contributed by atoms with Crippen molar-refractivity contribution in [2.24, 2.45) is 0 Å². The Morgan fingerprint density at radius 1 is 1.29 bits per heavy atom. The molecule has 0 heterocycles. The molecular weight excluding hydrogens is 276 g/mol. The SMILES string of the molecule is COc1ccccc1NC(=O)c1cc(O)ccc1[N+](=O)[O-]. The van der Waals surface area contributed by atoms with Gasteiger partial charge in [-0.3, -0.25) is 14.9 Å². The summed E-state index contributed by atoms with van der Waals surface area (Å²) in [6, 6.07) is 9.94. The number of carbonyl (C=O) groups excluding carboxylic acids is 1. The van der Waals surface area contributed by atoms with E-state index in [0.717, 1.165) is 18.2 Å². The van der Waals surface area contributed by atoms with Gasteiger partial charge in [-0.1, -0.05) is 12.1 Å². The standard InChI is InChI=1S/C14H12N2O5/c1-21-13-5-3-2-4-11(13)15-14(18)10-8-9(17)6-7-12(10)16(19)20/h2-8,17H,1H3,(H,15,18). The molecular formula is C14H12N2O5. The number of ether oxygens (including phenoxy) is 1. The molecule has 2 aromatic carbocycles. The van der Waals surface area contributed by atoms with Crippen molar-refractivity contribution in [3.05, 3.63) is 58.1 Å². The van der Waals surface area contributed by atoms with E-state index in [2.05, 4.69) is 5.32 Å². The number of nitro groups is 1. The van der Waals surface area contributed by atoms with E-state index < -0.39 is 10.8 Å². The van der Waals surface area contributed by atoms with Crippen molar-refractivity contribution >= 4 is 17.3 Å². The first-order chi connectivity index (χ1) is 10.0. The average molecular weight is 288 g/mol. The maximum absolute atomic E-state index is 12.2. The van der Waals surface area contributed by atoms with Gasteiger partial charge in [0, 0.05) is 6.07 Å². The number of phenolic OH excluding ortho intramolecular Hbond substituents is 1. The summed E-state index contributed by atoms with van der Waals surface area (Å²) in [5, 5.41) is 22.9. The third kappa shape index (κ3) is 3.08. The molecule has 0 aliphatic heterocycles. The Hall–Kier alpha value is -3.09. The highest BCUT2D eigenvalue weighted by molar-refractivity contribution is 6.07. The molecule has 0 saturated heterocycles. The second-order valence-electron chi connectivity index (χ2n) is 4.11. The minimum atomic E-state index is -0.706. The van der Waals surface area contributed by atoms with Crippen molar-refractivity contribution in [3.63, 3.8) is 0 Å². The third-order valence-electron chi connectivity index (χ3n) is 2.78. The van der Waals surface area contributed by atoms with E-state index in [1.54, 1.807) is 24.3 Å². The summed E-state index contributed by atoms with van der Waals surface area (Å²) in [6.07, 6.45) is 0. The minimum Gasteiger partial charge on any atom is -0.508 e. The number of carbonyl (C=O) groups is 1. The van der Waals surface area contributed by atoms with Crippen LogP contribution in [0.3, 0.4) is 0 Å². The molecule has 0 radical (unpaired) electrons. The maximum atomic E-state index is 12.2. The molecule has 7 nitrogen and oxygen atoms in total. The molecule has 0 aliphatic carbocycles. The van der Waals surface area contributed by atoms with Crippen LogP contribution in [0, 0.1) is 10.1 Å². The molecule has 0 unspecified atom stereocenters. The van der Waals surface area contributed by atoms with Gasteiger partial charge < -0.3 is 15.2 Å². The predicted octanol–water partition coefficient (Wildman–Crippen LogP) is 2.56. The highest BCUT2D eigenvalue weighted by Crippen LogP contribution is 2.27. The first kappa shape index (κ1) is 14.3. The summed E-state index contributed by atoms with van der Waals surface area (Å²) in [4.78, 5) is 22.4. The lowest BCUT2D eigenvalue weighted by Gasteiger charge is -2.10. The van der Waals surface area contributed by atoms with Gasteiger partial charge in [-0.25, -0.2) is 0 Å². The number of methoxy groups -OCH3 is 1. The molecule has 1 amide bonds. The van der Waals surface area contributed by atoms with Crippen LogP contribution in [-0.2, 0) is 0 Å². The summed E-state index contributed by atoms with van der Waals surface area (Å²) >= 11 is 0. The fourth-order valence-electron chi connectivity index (χ4n) is 1.80. The quantitative estimate of drug-likeness (QED) is 0.665. The Labute approximate surface area is 119 Å². The van der Waals surface area contributed by atoms with Gasteiger partial charge in [-0.05, 0) is 24.3 Å². The van der Waals surface area contributed by atoms with E-state index in [4.69, 9.17) is 4.74 Å². The largest absolute Gasteiger partial charge is 0.508 e. The van der Waals surface area contributed by atoms with Crippen molar-refractivity contribution in [3.8, 4) is 11.5 Å². The number of anilines is 1. The summed E-state index contributed by atoms with van der Waals surface area (Å²) in [5.41, 5.74) is -0.242. The van der Waals surface area contributed by atoms with Gasteiger partial charge in [0.2, 0.25) is 0 Å².